The SMILES string of the molecule is COC(O)c1[nH]ncc1NC(=O)c1ccc(-n2ccnc2)nn1. The number of hydrogen-bond donors (Lipinski definition) is 3. The van der Waals surface area contributed by atoms with Crippen LogP contribution in [0.2, 0.25) is 0 Å². The quantitative estimate of drug-likeness (QED) is 0.576. The van der Waals surface area contributed by atoms with Crippen molar-refractivity contribution in [1.29, 1.82) is 0 Å². The van der Waals surface area contributed by atoms with Crippen molar-refractivity contribution < 1.29 is 14.6 Å². The van der Waals surface area contributed by atoms with Crippen LogP contribution in [0.4, 0.5) is 5.69 Å². The zero-order chi connectivity index (χ0) is 16.2. The van der Waals surface area contributed by atoms with Gasteiger partial charge in [-0.2, -0.15) is 5.10 Å². The molecule has 3 N–H and O–H groups in total. The van der Waals surface area contributed by atoms with Gasteiger partial charge in [0.05, 0.1) is 11.9 Å². The monoisotopic (exact) mass is 315 g/mol. The molecule has 0 spiro atoms. The number of aliphatic hydroxyl groups is 1. The smallest absolute Gasteiger partial charge is 0.276 e. The van der Waals surface area contributed by atoms with Gasteiger partial charge < -0.3 is 15.2 Å². The predicted octanol–water partition coefficient (Wildman–Crippen LogP) is 0.275. The number of imidazole rings is 1. The van der Waals surface area contributed by atoms with E-state index in [1.165, 1.54) is 19.4 Å². The first kappa shape index (κ1) is 14.8. The van der Waals surface area contributed by atoms with Crippen molar-refractivity contribution in [3.63, 3.8) is 0 Å². The number of aromatic nitrogens is 6. The van der Waals surface area contributed by atoms with Crippen LogP contribution in [-0.2, 0) is 4.74 Å². The molecule has 1 atom stereocenters. The maximum Gasteiger partial charge on any atom is 0.276 e. The maximum atomic E-state index is 12.2. The van der Waals surface area contributed by atoms with E-state index < -0.39 is 12.2 Å². The Morgan fingerprint density at radius 2 is 2.30 bits per heavy atom. The molecular formula is C13H13N7O3. The molecule has 0 fully saturated rings. The third kappa shape index (κ3) is 3.07. The fourth-order valence-corrected chi connectivity index (χ4v) is 1.87. The van der Waals surface area contributed by atoms with Gasteiger partial charge in [0.15, 0.2) is 17.8 Å². The van der Waals surface area contributed by atoms with E-state index in [0.717, 1.165) is 0 Å². The number of carbonyl (C=O) groups excluding carboxylic acids is 1. The number of methoxy groups -OCH3 is 1. The molecule has 3 heterocycles. The second-order valence-corrected chi connectivity index (χ2v) is 4.49. The number of nitrogens with zero attached hydrogens (tertiary/aromatic N) is 5. The molecule has 0 saturated carbocycles. The molecule has 1 amide bonds. The Labute approximate surface area is 130 Å². The summed E-state index contributed by atoms with van der Waals surface area (Å²) in [4.78, 5) is 16.1. The number of H-pyrrole nitrogens is 1. The molecule has 0 aliphatic heterocycles. The van der Waals surface area contributed by atoms with Crippen molar-refractivity contribution in [2.45, 2.75) is 6.29 Å². The van der Waals surface area contributed by atoms with Gasteiger partial charge in [0.1, 0.15) is 12.0 Å². The molecule has 0 aromatic carbocycles. The standard InChI is InChI=1S/C13H13N7O3/c1-23-13(22)11-9(6-15-19-11)16-12(21)8-2-3-10(18-17-8)20-5-4-14-7-20/h2-7,13,22H,1H3,(H,15,19)(H,16,21). The van der Waals surface area contributed by atoms with E-state index in [1.54, 1.807) is 29.4 Å². The van der Waals surface area contributed by atoms with Gasteiger partial charge in [-0.3, -0.25) is 14.5 Å². The number of ether oxygens (including phenoxy) is 1. The van der Waals surface area contributed by atoms with Crippen molar-refractivity contribution >= 4 is 11.6 Å². The third-order valence-electron chi connectivity index (χ3n) is 3.04. The molecule has 0 saturated heterocycles. The van der Waals surface area contributed by atoms with E-state index in [0.29, 0.717) is 11.5 Å². The van der Waals surface area contributed by atoms with Gasteiger partial charge in [0.2, 0.25) is 0 Å². The average Bonchev–Trinajstić information content (AvgIpc) is 3.26. The first-order chi connectivity index (χ1) is 11.2. The summed E-state index contributed by atoms with van der Waals surface area (Å²) in [5.41, 5.74) is 0.654. The van der Waals surface area contributed by atoms with Gasteiger partial charge in [-0.15, -0.1) is 10.2 Å². The highest BCUT2D eigenvalue weighted by molar-refractivity contribution is 6.03. The molecule has 0 bridgehead atoms. The molecule has 10 nitrogen and oxygen atoms in total. The zero-order valence-electron chi connectivity index (χ0n) is 12.0. The first-order valence-corrected chi connectivity index (χ1v) is 6.56. The van der Waals surface area contributed by atoms with Crippen molar-refractivity contribution in [2.24, 2.45) is 0 Å². The molecule has 3 aromatic rings. The van der Waals surface area contributed by atoms with Crippen LogP contribution in [0.15, 0.2) is 37.1 Å². The minimum Gasteiger partial charge on any atom is -0.363 e. The normalized spacial score (nSPS) is 12.1. The second-order valence-electron chi connectivity index (χ2n) is 4.49. The van der Waals surface area contributed by atoms with E-state index in [1.807, 2.05) is 0 Å². The number of nitrogens with one attached hydrogen (secondary N) is 2. The molecule has 0 radical (unpaired) electrons. The minimum absolute atomic E-state index is 0.118. The highest BCUT2D eigenvalue weighted by atomic mass is 16.6. The largest absolute Gasteiger partial charge is 0.363 e. The van der Waals surface area contributed by atoms with Gasteiger partial charge in [0, 0.05) is 19.5 Å². The Hall–Kier alpha value is -3.11. The van der Waals surface area contributed by atoms with E-state index in [2.05, 4.69) is 30.7 Å². The van der Waals surface area contributed by atoms with Crippen LogP contribution < -0.4 is 5.32 Å². The molecule has 118 valence electrons. The van der Waals surface area contributed by atoms with Crippen molar-refractivity contribution in [3.8, 4) is 5.82 Å². The van der Waals surface area contributed by atoms with Crippen molar-refractivity contribution in [3.05, 3.63) is 48.4 Å². The zero-order valence-corrected chi connectivity index (χ0v) is 12.0. The Bertz CT molecular complexity index is 782. The Balaban J connectivity index is 1.75. The number of carbonyl (C=O) groups is 1. The summed E-state index contributed by atoms with van der Waals surface area (Å²) in [6.07, 6.45) is 5.05. The third-order valence-corrected chi connectivity index (χ3v) is 3.04. The number of rotatable bonds is 5. The number of anilines is 1. The maximum absolute atomic E-state index is 12.2. The summed E-state index contributed by atoms with van der Waals surface area (Å²) in [7, 11) is 1.33. The topological polar surface area (TPSA) is 131 Å². The molecule has 23 heavy (non-hydrogen) atoms. The lowest BCUT2D eigenvalue weighted by Crippen LogP contribution is -2.16. The Kier molecular flexibility index (Phi) is 4.08. The molecule has 3 rings (SSSR count). The summed E-state index contributed by atoms with van der Waals surface area (Å²) in [6.45, 7) is 0. The summed E-state index contributed by atoms with van der Waals surface area (Å²) in [5.74, 6) is 0.0542. The molecule has 10 heteroatoms. The van der Waals surface area contributed by atoms with E-state index in [4.69, 9.17) is 4.74 Å². The summed E-state index contributed by atoms with van der Waals surface area (Å²) < 4.78 is 6.44. The highest BCUT2D eigenvalue weighted by Gasteiger charge is 2.17. The lowest BCUT2D eigenvalue weighted by Gasteiger charge is -2.09. The Morgan fingerprint density at radius 3 is 2.96 bits per heavy atom. The first-order valence-electron chi connectivity index (χ1n) is 6.56. The van der Waals surface area contributed by atoms with Gasteiger partial charge in [0.25, 0.3) is 5.91 Å². The molecule has 0 aliphatic rings. The predicted molar refractivity (Wildman–Crippen MR) is 77.7 cm³/mol. The molecule has 1 unspecified atom stereocenters. The minimum atomic E-state index is -1.22. The van der Waals surface area contributed by atoms with Crippen LogP contribution in [0.5, 0.6) is 0 Å². The van der Waals surface area contributed by atoms with Crippen molar-refractivity contribution in [1.82, 2.24) is 29.9 Å². The van der Waals surface area contributed by atoms with E-state index in [-0.39, 0.29) is 11.4 Å². The summed E-state index contributed by atoms with van der Waals surface area (Å²) in [5, 5.41) is 26.4. The van der Waals surface area contributed by atoms with Gasteiger partial charge >= 0.3 is 0 Å². The van der Waals surface area contributed by atoms with Crippen LogP contribution in [0, 0.1) is 0 Å². The lowest BCUT2D eigenvalue weighted by atomic mass is 10.3. The highest BCUT2D eigenvalue weighted by Crippen LogP contribution is 2.20. The van der Waals surface area contributed by atoms with Gasteiger partial charge in [-0.05, 0) is 12.1 Å². The van der Waals surface area contributed by atoms with Crippen LogP contribution >= 0.6 is 0 Å². The van der Waals surface area contributed by atoms with Crippen LogP contribution in [-0.4, -0.2) is 48.1 Å². The van der Waals surface area contributed by atoms with E-state index >= 15 is 0 Å². The van der Waals surface area contributed by atoms with Gasteiger partial charge in [-0.25, -0.2) is 4.98 Å². The van der Waals surface area contributed by atoms with Crippen molar-refractivity contribution in [2.75, 3.05) is 12.4 Å². The molecule has 0 aliphatic carbocycles. The number of aromatic amines is 1. The number of amides is 1. The summed E-state index contributed by atoms with van der Waals surface area (Å²) >= 11 is 0. The number of hydrogen-bond acceptors (Lipinski definition) is 7. The summed E-state index contributed by atoms with van der Waals surface area (Å²) in [6, 6.07) is 3.17. The number of aliphatic hydroxyl groups excluding tert-OH is 1. The lowest BCUT2D eigenvalue weighted by molar-refractivity contribution is -0.0793. The Morgan fingerprint density at radius 1 is 1.43 bits per heavy atom. The van der Waals surface area contributed by atoms with Gasteiger partial charge in [-0.1, -0.05) is 0 Å². The second kappa shape index (κ2) is 6.34. The molecular weight excluding hydrogens is 302 g/mol. The van der Waals surface area contributed by atoms with Crippen LogP contribution in [0.25, 0.3) is 5.82 Å². The van der Waals surface area contributed by atoms with E-state index in [9.17, 15) is 9.90 Å². The fourth-order valence-electron chi connectivity index (χ4n) is 1.87. The average molecular weight is 315 g/mol. The fraction of sp³-hybridized carbons (Fsp3) is 0.154. The molecule has 3 aromatic heterocycles. The van der Waals surface area contributed by atoms with Crippen LogP contribution in [0.3, 0.4) is 0 Å². The van der Waals surface area contributed by atoms with Crippen LogP contribution in [0.1, 0.15) is 22.5 Å².